The smallest absolute Gasteiger partial charge is 0.164 e. The van der Waals surface area contributed by atoms with Crippen LogP contribution in [-0.2, 0) is 6.42 Å². The third kappa shape index (κ3) is 4.33. The fraction of sp³-hybridized carbons (Fsp3) is 0.0750. The second kappa shape index (κ2) is 10.4. The maximum absolute atomic E-state index is 6.95. The molecule has 0 bridgehead atoms. The van der Waals surface area contributed by atoms with Gasteiger partial charge in [-0.15, -0.1) is 0 Å². The van der Waals surface area contributed by atoms with E-state index in [0.29, 0.717) is 23.9 Å². The number of aromatic nitrogens is 3. The maximum Gasteiger partial charge on any atom is 0.164 e. The predicted octanol–water partition coefficient (Wildman–Crippen LogP) is 10.5. The van der Waals surface area contributed by atoms with E-state index >= 15 is 0 Å². The Labute approximate surface area is 265 Å². The van der Waals surface area contributed by atoms with Crippen LogP contribution in [0.2, 0.25) is 5.02 Å². The molecule has 0 spiro atoms. The van der Waals surface area contributed by atoms with Crippen molar-refractivity contribution in [1.29, 1.82) is 0 Å². The summed E-state index contributed by atoms with van der Waals surface area (Å²) in [5, 5.41) is 2.86. The van der Waals surface area contributed by atoms with Gasteiger partial charge in [-0.25, -0.2) is 15.0 Å². The van der Waals surface area contributed by atoms with E-state index in [4.69, 9.17) is 31.0 Å². The third-order valence-electron chi connectivity index (χ3n) is 9.03. The van der Waals surface area contributed by atoms with Gasteiger partial charge in [0.05, 0.1) is 0 Å². The average molecular weight is 600 g/mol. The summed E-state index contributed by atoms with van der Waals surface area (Å²) in [5.41, 5.74) is 10.9. The van der Waals surface area contributed by atoms with Gasteiger partial charge in [-0.2, -0.15) is 0 Å². The molecular formula is C40H26ClN3O. The molecule has 0 radical (unpaired) electrons. The topological polar surface area (TPSA) is 51.8 Å². The van der Waals surface area contributed by atoms with Gasteiger partial charge in [0.15, 0.2) is 17.5 Å². The standard InChI is InChI=1S/C40H26ClN3O/c41-33-20-21-35-37(31-16-6-7-19-34(31)45-35)36(33)26-13-8-14-27(22-26)39-42-38(24-10-2-1-3-11-24)43-40(44-39)30-18-9-17-29-28-15-5-4-12-25(28)23-32(29)30/h1-21,26H,22-23H2. The van der Waals surface area contributed by atoms with Crippen LogP contribution >= 0.6 is 11.6 Å². The Hall–Kier alpha value is -5.32. The number of hydrogen-bond acceptors (Lipinski definition) is 4. The van der Waals surface area contributed by atoms with Crippen LogP contribution in [0.15, 0.2) is 132 Å². The number of allylic oxidation sites excluding steroid dienone is 4. The van der Waals surface area contributed by atoms with Gasteiger partial charge in [0.2, 0.25) is 0 Å². The lowest BCUT2D eigenvalue weighted by Crippen LogP contribution is -2.08. The number of halogens is 1. The van der Waals surface area contributed by atoms with Crippen LogP contribution in [0.3, 0.4) is 0 Å². The van der Waals surface area contributed by atoms with Crippen molar-refractivity contribution in [3.63, 3.8) is 0 Å². The van der Waals surface area contributed by atoms with Crippen LogP contribution < -0.4 is 0 Å². The first-order chi connectivity index (χ1) is 22.2. The maximum atomic E-state index is 6.95. The molecule has 2 aliphatic rings. The molecule has 1 atom stereocenters. The summed E-state index contributed by atoms with van der Waals surface area (Å²) in [6, 6.07) is 37.3. The highest BCUT2D eigenvalue weighted by molar-refractivity contribution is 6.33. The first-order valence-electron chi connectivity index (χ1n) is 15.2. The minimum atomic E-state index is 0.0260. The van der Waals surface area contributed by atoms with E-state index in [1.807, 2.05) is 48.5 Å². The van der Waals surface area contributed by atoms with E-state index in [1.165, 1.54) is 22.3 Å². The lowest BCUT2D eigenvalue weighted by Gasteiger charge is -2.21. The Morgan fingerprint density at radius 3 is 2.33 bits per heavy atom. The molecular weight excluding hydrogens is 574 g/mol. The molecule has 0 saturated carbocycles. The average Bonchev–Trinajstić information content (AvgIpc) is 3.67. The second-order valence-electron chi connectivity index (χ2n) is 11.7. The van der Waals surface area contributed by atoms with E-state index in [0.717, 1.165) is 55.6 Å². The fourth-order valence-corrected chi connectivity index (χ4v) is 7.24. The van der Waals surface area contributed by atoms with Gasteiger partial charge in [-0.1, -0.05) is 121 Å². The Bertz CT molecular complexity index is 2350. The summed E-state index contributed by atoms with van der Waals surface area (Å²) >= 11 is 6.95. The van der Waals surface area contributed by atoms with Crippen LogP contribution in [-0.4, -0.2) is 15.0 Å². The summed E-state index contributed by atoms with van der Waals surface area (Å²) in [6.07, 6.45) is 8.00. The van der Waals surface area contributed by atoms with E-state index in [9.17, 15) is 0 Å². The molecule has 7 aromatic rings. The molecule has 0 aliphatic heterocycles. The Morgan fingerprint density at radius 1 is 0.644 bits per heavy atom. The normalized spacial score (nSPS) is 15.3. The van der Waals surface area contributed by atoms with Crippen LogP contribution in [0.5, 0.6) is 0 Å². The molecule has 2 aliphatic carbocycles. The van der Waals surface area contributed by atoms with Gasteiger partial charge in [-0.3, -0.25) is 0 Å². The summed E-state index contributed by atoms with van der Waals surface area (Å²) in [4.78, 5) is 15.3. The molecule has 2 aromatic heterocycles. The molecule has 0 fully saturated rings. The van der Waals surface area contributed by atoms with E-state index in [-0.39, 0.29) is 5.92 Å². The third-order valence-corrected chi connectivity index (χ3v) is 9.36. The van der Waals surface area contributed by atoms with Crippen molar-refractivity contribution in [2.75, 3.05) is 0 Å². The summed E-state index contributed by atoms with van der Waals surface area (Å²) in [5.74, 6) is 2.06. The molecule has 214 valence electrons. The van der Waals surface area contributed by atoms with Crippen molar-refractivity contribution >= 4 is 39.1 Å². The highest BCUT2D eigenvalue weighted by atomic mass is 35.5. The lowest BCUT2D eigenvalue weighted by molar-refractivity contribution is 0.668. The number of hydrogen-bond donors (Lipinski definition) is 0. The zero-order valence-electron chi connectivity index (χ0n) is 24.2. The number of benzene rings is 5. The van der Waals surface area contributed by atoms with Crippen LogP contribution in [0.1, 0.15) is 34.9 Å². The molecule has 9 rings (SSSR count). The number of fused-ring (bicyclic) bond motifs is 6. The highest BCUT2D eigenvalue weighted by Gasteiger charge is 2.26. The Morgan fingerprint density at radius 2 is 1.40 bits per heavy atom. The Balaban J connectivity index is 1.17. The molecule has 0 amide bonds. The molecule has 0 N–H and O–H groups in total. The van der Waals surface area contributed by atoms with Crippen molar-refractivity contribution in [3.8, 4) is 33.9 Å². The van der Waals surface area contributed by atoms with Gasteiger partial charge < -0.3 is 4.42 Å². The first kappa shape index (κ1) is 26.1. The highest BCUT2D eigenvalue weighted by Crippen LogP contribution is 2.44. The van der Waals surface area contributed by atoms with Gasteiger partial charge in [0.1, 0.15) is 11.2 Å². The number of nitrogens with zero attached hydrogens (tertiary/aromatic N) is 3. The SMILES string of the molecule is Clc1ccc2oc3ccccc3c2c1C1C=CC=C(c2nc(-c3ccccc3)nc(-c3cccc4c3Cc3ccccc3-4)n2)C1. The number of para-hydroxylation sites is 1. The van der Waals surface area contributed by atoms with E-state index in [2.05, 4.69) is 78.9 Å². The first-order valence-corrected chi connectivity index (χ1v) is 15.6. The van der Waals surface area contributed by atoms with Gasteiger partial charge >= 0.3 is 0 Å². The van der Waals surface area contributed by atoms with E-state index in [1.54, 1.807) is 0 Å². The van der Waals surface area contributed by atoms with Crippen molar-refractivity contribution < 1.29 is 4.42 Å². The minimum absolute atomic E-state index is 0.0260. The zero-order chi connectivity index (χ0) is 29.9. The van der Waals surface area contributed by atoms with Gasteiger partial charge in [0.25, 0.3) is 0 Å². The zero-order valence-corrected chi connectivity index (χ0v) is 25.0. The van der Waals surface area contributed by atoms with Gasteiger partial charge in [0, 0.05) is 32.8 Å². The van der Waals surface area contributed by atoms with Crippen molar-refractivity contribution in [2.45, 2.75) is 18.8 Å². The quantitative estimate of drug-likeness (QED) is 0.202. The molecule has 0 saturated heterocycles. The van der Waals surface area contributed by atoms with Crippen LogP contribution in [0, 0.1) is 0 Å². The summed E-state index contributed by atoms with van der Waals surface area (Å²) in [6.45, 7) is 0. The number of rotatable bonds is 4. The molecule has 45 heavy (non-hydrogen) atoms. The summed E-state index contributed by atoms with van der Waals surface area (Å²) < 4.78 is 6.21. The lowest BCUT2D eigenvalue weighted by atomic mass is 9.85. The van der Waals surface area contributed by atoms with Gasteiger partial charge in [-0.05, 0) is 64.4 Å². The van der Waals surface area contributed by atoms with E-state index < -0.39 is 0 Å². The Kier molecular flexibility index (Phi) is 6.03. The minimum Gasteiger partial charge on any atom is -0.456 e. The molecule has 1 unspecified atom stereocenters. The van der Waals surface area contributed by atoms with Crippen molar-refractivity contribution in [1.82, 2.24) is 15.0 Å². The summed E-state index contributed by atoms with van der Waals surface area (Å²) in [7, 11) is 0. The predicted molar refractivity (Wildman–Crippen MR) is 182 cm³/mol. The van der Waals surface area contributed by atoms with Crippen molar-refractivity contribution in [2.24, 2.45) is 0 Å². The van der Waals surface area contributed by atoms with Crippen LogP contribution in [0.4, 0.5) is 0 Å². The molecule has 5 heteroatoms. The fourth-order valence-electron chi connectivity index (χ4n) is 6.95. The molecule has 5 aromatic carbocycles. The number of furan rings is 1. The largest absolute Gasteiger partial charge is 0.456 e. The monoisotopic (exact) mass is 599 g/mol. The van der Waals surface area contributed by atoms with Crippen LogP contribution in [0.25, 0.3) is 61.4 Å². The molecule has 2 heterocycles. The van der Waals surface area contributed by atoms with Crippen molar-refractivity contribution in [3.05, 3.63) is 155 Å². The second-order valence-corrected chi connectivity index (χ2v) is 12.1. The molecule has 4 nitrogen and oxygen atoms in total.